The molecule has 3 aromatic rings. The monoisotopic (exact) mass is 421 g/mol. The van der Waals surface area contributed by atoms with E-state index < -0.39 is 6.36 Å². The fraction of sp³-hybridized carbons (Fsp3) is 0.250. The minimum Gasteiger partial charge on any atom is -0.406 e. The standard InChI is InChI=1S/C20H18F3N3O2S/c1-14-18(25-27)24-19(29-14)26(13-16-5-3-2-4-6-16)12-11-15-7-9-17(10-8-15)28-20(21,22)23/h2-10H,11-13H2,1H3. The zero-order chi connectivity index (χ0) is 20.9. The second-order valence-corrected chi connectivity index (χ2v) is 7.50. The van der Waals surface area contributed by atoms with Gasteiger partial charge in [0.15, 0.2) is 5.13 Å². The van der Waals surface area contributed by atoms with Crippen LogP contribution in [0.2, 0.25) is 0 Å². The van der Waals surface area contributed by atoms with E-state index in [2.05, 4.69) is 14.9 Å². The maximum Gasteiger partial charge on any atom is 0.573 e. The van der Waals surface area contributed by atoms with E-state index in [1.54, 1.807) is 19.1 Å². The van der Waals surface area contributed by atoms with Crippen LogP contribution in [0.25, 0.3) is 0 Å². The molecule has 1 aromatic heterocycles. The average molecular weight is 421 g/mol. The van der Waals surface area contributed by atoms with Crippen molar-refractivity contribution in [1.82, 2.24) is 4.98 Å². The molecule has 0 aliphatic rings. The van der Waals surface area contributed by atoms with Gasteiger partial charge < -0.3 is 9.64 Å². The van der Waals surface area contributed by atoms with E-state index in [0.29, 0.717) is 24.6 Å². The summed E-state index contributed by atoms with van der Waals surface area (Å²) in [4.78, 5) is 18.0. The lowest BCUT2D eigenvalue weighted by molar-refractivity contribution is -0.274. The molecule has 0 amide bonds. The maximum atomic E-state index is 12.3. The largest absolute Gasteiger partial charge is 0.573 e. The van der Waals surface area contributed by atoms with Gasteiger partial charge in [-0.25, -0.2) is 0 Å². The summed E-state index contributed by atoms with van der Waals surface area (Å²) in [6.45, 7) is 2.94. The Morgan fingerprint density at radius 3 is 2.34 bits per heavy atom. The molecule has 29 heavy (non-hydrogen) atoms. The third-order valence-corrected chi connectivity index (χ3v) is 5.18. The second kappa shape index (κ2) is 9.04. The van der Waals surface area contributed by atoms with E-state index in [-0.39, 0.29) is 11.6 Å². The molecule has 152 valence electrons. The van der Waals surface area contributed by atoms with Crippen LogP contribution in [0.4, 0.5) is 24.1 Å². The Labute approximate surface area is 169 Å². The Morgan fingerprint density at radius 1 is 1.07 bits per heavy atom. The molecule has 0 radical (unpaired) electrons. The highest BCUT2D eigenvalue weighted by Crippen LogP contribution is 2.32. The summed E-state index contributed by atoms with van der Waals surface area (Å²) in [5.41, 5.74) is 1.94. The number of aromatic nitrogens is 1. The van der Waals surface area contributed by atoms with Gasteiger partial charge in [-0.1, -0.05) is 53.8 Å². The third-order valence-electron chi connectivity index (χ3n) is 4.16. The molecule has 0 saturated carbocycles. The van der Waals surface area contributed by atoms with E-state index >= 15 is 0 Å². The second-order valence-electron chi connectivity index (χ2n) is 6.32. The molecular weight excluding hydrogens is 403 g/mol. The van der Waals surface area contributed by atoms with Crippen molar-refractivity contribution in [2.75, 3.05) is 11.4 Å². The van der Waals surface area contributed by atoms with E-state index in [9.17, 15) is 18.1 Å². The third kappa shape index (κ3) is 6.02. The number of benzene rings is 2. The first kappa shape index (κ1) is 20.8. The Bertz CT molecular complexity index is 944. The van der Waals surface area contributed by atoms with Crippen LogP contribution in [0.15, 0.2) is 59.8 Å². The van der Waals surface area contributed by atoms with Gasteiger partial charge in [0.2, 0.25) is 5.82 Å². The number of aryl methyl sites for hydroxylation is 1. The molecule has 5 nitrogen and oxygen atoms in total. The van der Waals surface area contributed by atoms with Gasteiger partial charge in [0.1, 0.15) is 5.75 Å². The van der Waals surface area contributed by atoms with Crippen LogP contribution in [0, 0.1) is 11.8 Å². The highest BCUT2D eigenvalue weighted by molar-refractivity contribution is 7.16. The van der Waals surface area contributed by atoms with Crippen molar-refractivity contribution >= 4 is 22.3 Å². The molecule has 9 heteroatoms. The lowest BCUT2D eigenvalue weighted by atomic mass is 10.1. The first-order valence-electron chi connectivity index (χ1n) is 8.78. The van der Waals surface area contributed by atoms with Crippen molar-refractivity contribution < 1.29 is 17.9 Å². The lowest BCUT2D eigenvalue weighted by Gasteiger charge is -2.22. The van der Waals surface area contributed by atoms with Gasteiger partial charge in [0.25, 0.3) is 0 Å². The van der Waals surface area contributed by atoms with Crippen LogP contribution < -0.4 is 9.64 Å². The molecule has 0 unspecified atom stereocenters. The summed E-state index contributed by atoms with van der Waals surface area (Å²) in [6.07, 6.45) is -4.12. The molecule has 0 bridgehead atoms. The Balaban J connectivity index is 1.73. The smallest absolute Gasteiger partial charge is 0.406 e. The minimum absolute atomic E-state index is 0.178. The SMILES string of the molecule is Cc1sc(N(CCc2ccc(OC(F)(F)F)cc2)Cc2ccccc2)nc1N=O. The van der Waals surface area contributed by atoms with Crippen LogP contribution in [0.3, 0.4) is 0 Å². The van der Waals surface area contributed by atoms with Crippen LogP contribution in [0.1, 0.15) is 16.0 Å². The predicted octanol–water partition coefficient (Wildman–Crippen LogP) is 6.00. The fourth-order valence-corrected chi connectivity index (χ4v) is 3.63. The molecule has 2 aromatic carbocycles. The molecular formula is C20H18F3N3O2S. The van der Waals surface area contributed by atoms with Crippen molar-refractivity contribution in [3.8, 4) is 5.75 Å². The molecule has 0 N–H and O–H groups in total. The van der Waals surface area contributed by atoms with Crippen molar-refractivity contribution in [2.45, 2.75) is 26.3 Å². The predicted molar refractivity (Wildman–Crippen MR) is 107 cm³/mol. The molecule has 0 aliphatic carbocycles. The molecule has 0 fully saturated rings. The maximum absolute atomic E-state index is 12.3. The topological polar surface area (TPSA) is 54.8 Å². The van der Waals surface area contributed by atoms with Gasteiger partial charge in [-0.2, -0.15) is 4.98 Å². The Kier molecular flexibility index (Phi) is 6.48. The van der Waals surface area contributed by atoms with Gasteiger partial charge in [-0.3, -0.25) is 0 Å². The molecule has 0 aliphatic heterocycles. The molecule has 0 saturated heterocycles. The zero-order valence-electron chi connectivity index (χ0n) is 15.5. The number of halogens is 3. The number of thiazole rings is 1. The summed E-state index contributed by atoms with van der Waals surface area (Å²) in [5, 5.41) is 3.63. The number of ether oxygens (including phenoxy) is 1. The van der Waals surface area contributed by atoms with Gasteiger partial charge in [0, 0.05) is 13.1 Å². The van der Waals surface area contributed by atoms with Gasteiger partial charge in [-0.05, 0) is 41.8 Å². The van der Waals surface area contributed by atoms with Crippen molar-refractivity contribution in [3.63, 3.8) is 0 Å². The van der Waals surface area contributed by atoms with E-state index in [4.69, 9.17) is 0 Å². The Hall–Kier alpha value is -2.94. The van der Waals surface area contributed by atoms with Crippen molar-refractivity contribution in [1.29, 1.82) is 0 Å². The average Bonchev–Trinajstić information content (AvgIpc) is 3.06. The van der Waals surface area contributed by atoms with Crippen molar-refractivity contribution in [2.24, 2.45) is 5.18 Å². The summed E-state index contributed by atoms with van der Waals surface area (Å²) in [5.74, 6) is -0.0728. The number of anilines is 1. The molecule has 0 atom stereocenters. The lowest BCUT2D eigenvalue weighted by Crippen LogP contribution is -2.25. The summed E-state index contributed by atoms with van der Waals surface area (Å²) in [7, 11) is 0. The zero-order valence-corrected chi connectivity index (χ0v) is 16.3. The highest BCUT2D eigenvalue weighted by Gasteiger charge is 2.30. The number of rotatable bonds is 8. The highest BCUT2D eigenvalue weighted by atomic mass is 32.1. The number of hydrogen-bond donors (Lipinski definition) is 0. The molecule has 3 rings (SSSR count). The van der Waals surface area contributed by atoms with Crippen molar-refractivity contribution in [3.05, 3.63) is 75.5 Å². The molecule has 0 spiro atoms. The Morgan fingerprint density at radius 2 is 1.76 bits per heavy atom. The summed E-state index contributed by atoms with van der Waals surface area (Å²) < 4.78 is 40.8. The van der Waals surface area contributed by atoms with E-state index in [1.165, 1.54) is 23.5 Å². The number of nitrogens with zero attached hydrogens (tertiary/aromatic N) is 3. The quantitative estimate of drug-likeness (QED) is 0.419. The van der Waals surface area contributed by atoms with Crippen LogP contribution in [0.5, 0.6) is 5.75 Å². The number of alkyl halides is 3. The number of nitroso groups, excluding NO2 is 1. The molecule has 1 heterocycles. The van der Waals surface area contributed by atoms with Crippen LogP contribution in [-0.2, 0) is 13.0 Å². The van der Waals surface area contributed by atoms with Crippen LogP contribution in [-0.4, -0.2) is 17.9 Å². The summed E-state index contributed by atoms with van der Waals surface area (Å²) in [6, 6.07) is 15.6. The normalized spacial score (nSPS) is 11.3. The van der Waals surface area contributed by atoms with E-state index in [0.717, 1.165) is 16.0 Å². The van der Waals surface area contributed by atoms with Crippen LogP contribution >= 0.6 is 11.3 Å². The van der Waals surface area contributed by atoms with Gasteiger partial charge in [-0.15, -0.1) is 18.1 Å². The first-order chi connectivity index (χ1) is 13.8. The first-order valence-corrected chi connectivity index (χ1v) is 9.60. The summed E-state index contributed by atoms with van der Waals surface area (Å²) >= 11 is 1.39. The van der Waals surface area contributed by atoms with Gasteiger partial charge in [0.05, 0.1) is 4.88 Å². The minimum atomic E-state index is -4.71. The van der Waals surface area contributed by atoms with Gasteiger partial charge >= 0.3 is 6.36 Å². The fourth-order valence-electron chi connectivity index (χ4n) is 2.76. The number of hydrogen-bond acceptors (Lipinski definition) is 6. The van der Waals surface area contributed by atoms with E-state index in [1.807, 2.05) is 35.2 Å².